The number of piperazine rings is 1. The van der Waals surface area contributed by atoms with E-state index in [1.807, 2.05) is 51.6 Å². The minimum Gasteiger partial charge on any atom is -0.444 e. The van der Waals surface area contributed by atoms with Gasteiger partial charge in [0.1, 0.15) is 11.6 Å². The highest BCUT2D eigenvalue weighted by molar-refractivity contribution is 9.10. The van der Waals surface area contributed by atoms with Gasteiger partial charge in [0.15, 0.2) is 0 Å². The number of nitrogens with zero attached hydrogens (tertiary/aromatic N) is 5. The average Bonchev–Trinajstić information content (AvgIpc) is 3.57. The Morgan fingerprint density at radius 3 is 2.67 bits per heavy atom. The highest BCUT2D eigenvalue weighted by Gasteiger charge is 2.45. The molecule has 2 atom stereocenters. The normalized spacial score (nSPS) is 21.4. The Morgan fingerprint density at radius 2 is 1.95 bits per heavy atom. The van der Waals surface area contributed by atoms with Crippen LogP contribution in [0.2, 0.25) is 5.02 Å². The monoisotopic (exact) mass is 668 g/mol. The standard InChI is InChI=1S/C32H38BrClN6O3/c1-31(2,3)43-30(42)38-14-15-40(26(19-38)29(41)36-11-10-32(8-9-32)39-13-12-35-20-39)28-25-7-6-24(34)17-21(25)4-5-22-16-23(33)18-37-27(22)28/h6-7,12-13,16-18,20,26,28H,4-5,8-11,14-15,19H2,1-3H3,(H,36,41)/t26-,28-/m1/s1. The first-order valence-electron chi connectivity index (χ1n) is 15.0. The molecule has 6 rings (SSSR count). The van der Waals surface area contributed by atoms with Crippen LogP contribution in [0.5, 0.6) is 0 Å². The Balaban J connectivity index is 1.31. The van der Waals surface area contributed by atoms with Crippen LogP contribution < -0.4 is 5.32 Å². The van der Waals surface area contributed by atoms with Crippen LogP contribution in [0, 0.1) is 0 Å². The lowest BCUT2D eigenvalue weighted by Crippen LogP contribution is -2.61. The molecule has 228 valence electrons. The number of carbonyl (C=O) groups is 2. The fourth-order valence-electron chi connectivity index (χ4n) is 6.44. The number of carbonyl (C=O) groups excluding carboxylic acids is 2. The predicted octanol–water partition coefficient (Wildman–Crippen LogP) is 5.50. The first kappa shape index (κ1) is 30.1. The summed E-state index contributed by atoms with van der Waals surface area (Å²) in [6, 6.07) is 7.26. The van der Waals surface area contributed by atoms with Crippen molar-refractivity contribution in [2.24, 2.45) is 0 Å². The van der Waals surface area contributed by atoms with Crippen molar-refractivity contribution in [2.75, 3.05) is 26.2 Å². The van der Waals surface area contributed by atoms with Crippen molar-refractivity contribution >= 4 is 39.5 Å². The van der Waals surface area contributed by atoms with Crippen molar-refractivity contribution in [3.63, 3.8) is 0 Å². The van der Waals surface area contributed by atoms with Crippen LogP contribution in [0.1, 0.15) is 68.5 Å². The van der Waals surface area contributed by atoms with E-state index in [0.29, 0.717) is 24.7 Å². The third-order valence-electron chi connectivity index (χ3n) is 8.77. The minimum atomic E-state index is -0.631. The van der Waals surface area contributed by atoms with Gasteiger partial charge >= 0.3 is 6.09 Å². The Labute approximate surface area is 266 Å². The number of hydrogen-bond acceptors (Lipinski definition) is 6. The molecule has 0 bridgehead atoms. The molecule has 3 aromatic rings. The van der Waals surface area contributed by atoms with Crippen molar-refractivity contribution in [3.8, 4) is 0 Å². The molecular weight excluding hydrogens is 632 g/mol. The third-order valence-corrected chi connectivity index (χ3v) is 9.44. The van der Waals surface area contributed by atoms with Crippen LogP contribution in [-0.2, 0) is 27.9 Å². The molecule has 1 aromatic carbocycles. The second kappa shape index (κ2) is 11.9. The second-order valence-corrected chi connectivity index (χ2v) is 14.2. The van der Waals surface area contributed by atoms with Crippen LogP contribution in [0.3, 0.4) is 0 Å². The number of halogens is 2. The Kier molecular flexibility index (Phi) is 8.30. The molecule has 1 saturated heterocycles. The average molecular weight is 670 g/mol. The first-order valence-corrected chi connectivity index (χ1v) is 16.1. The number of pyridine rings is 1. The van der Waals surface area contributed by atoms with Crippen LogP contribution in [-0.4, -0.2) is 74.2 Å². The summed E-state index contributed by atoms with van der Waals surface area (Å²) in [7, 11) is 0. The summed E-state index contributed by atoms with van der Waals surface area (Å²) in [4.78, 5) is 40.3. The number of imidazole rings is 1. The van der Waals surface area contributed by atoms with E-state index in [2.05, 4.69) is 47.8 Å². The molecule has 43 heavy (non-hydrogen) atoms. The van der Waals surface area contributed by atoms with Crippen molar-refractivity contribution in [1.82, 2.24) is 29.7 Å². The quantitative estimate of drug-likeness (QED) is 0.373. The molecule has 2 aromatic heterocycles. The van der Waals surface area contributed by atoms with Crippen LogP contribution in [0.15, 0.2) is 53.7 Å². The van der Waals surface area contributed by atoms with Gasteiger partial charge in [-0.1, -0.05) is 17.7 Å². The number of ether oxygens (including phenoxy) is 1. The van der Waals surface area contributed by atoms with Crippen molar-refractivity contribution in [1.29, 1.82) is 0 Å². The summed E-state index contributed by atoms with van der Waals surface area (Å²) in [5.41, 5.74) is 3.71. The molecule has 1 saturated carbocycles. The van der Waals surface area contributed by atoms with Gasteiger partial charge in [-0.15, -0.1) is 0 Å². The molecule has 3 aliphatic rings. The molecule has 0 spiro atoms. The zero-order chi connectivity index (χ0) is 30.4. The molecule has 1 N–H and O–H groups in total. The van der Waals surface area contributed by atoms with Crippen LogP contribution in [0.25, 0.3) is 0 Å². The molecule has 3 heterocycles. The lowest BCUT2D eigenvalue weighted by molar-refractivity contribution is -0.129. The molecule has 2 aliphatic carbocycles. The van der Waals surface area contributed by atoms with Crippen molar-refractivity contribution in [2.45, 2.75) is 76.1 Å². The minimum absolute atomic E-state index is 0.0221. The molecule has 0 unspecified atom stereocenters. The lowest BCUT2D eigenvalue weighted by atomic mass is 9.94. The molecule has 2 fully saturated rings. The fraction of sp³-hybridized carbons (Fsp3) is 0.500. The number of hydrogen-bond donors (Lipinski definition) is 1. The number of aryl methyl sites for hydroxylation is 2. The number of benzene rings is 1. The maximum Gasteiger partial charge on any atom is 0.410 e. The summed E-state index contributed by atoms with van der Waals surface area (Å²) < 4.78 is 8.79. The maximum absolute atomic E-state index is 14.1. The fourth-order valence-corrected chi connectivity index (χ4v) is 7.01. The molecule has 2 amide bonds. The number of nitrogens with one attached hydrogen (secondary N) is 1. The van der Waals surface area contributed by atoms with E-state index in [0.717, 1.165) is 59.0 Å². The number of aromatic nitrogens is 3. The largest absolute Gasteiger partial charge is 0.444 e. The van der Waals surface area contributed by atoms with E-state index >= 15 is 0 Å². The van der Waals surface area contributed by atoms with Gasteiger partial charge < -0.3 is 19.5 Å². The van der Waals surface area contributed by atoms with Gasteiger partial charge in [0, 0.05) is 59.8 Å². The van der Waals surface area contributed by atoms with Gasteiger partial charge in [-0.2, -0.15) is 0 Å². The predicted molar refractivity (Wildman–Crippen MR) is 168 cm³/mol. The molecule has 0 radical (unpaired) electrons. The highest BCUT2D eigenvalue weighted by atomic mass is 79.9. The van der Waals surface area contributed by atoms with Crippen molar-refractivity contribution in [3.05, 3.63) is 81.1 Å². The van der Waals surface area contributed by atoms with Gasteiger partial charge in [0.25, 0.3) is 0 Å². The summed E-state index contributed by atoms with van der Waals surface area (Å²) in [5.74, 6) is -0.104. The number of amides is 2. The van der Waals surface area contributed by atoms with E-state index in [1.54, 1.807) is 11.1 Å². The number of rotatable bonds is 6. The highest BCUT2D eigenvalue weighted by Crippen LogP contribution is 2.46. The lowest BCUT2D eigenvalue weighted by Gasteiger charge is -2.44. The van der Waals surface area contributed by atoms with Gasteiger partial charge in [-0.05, 0) is 104 Å². The summed E-state index contributed by atoms with van der Waals surface area (Å²) in [6.07, 6.45) is 11.7. The Morgan fingerprint density at radius 1 is 1.16 bits per heavy atom. The SMILES string of the molecule is CC(C)(C)OC(=O)N1CCN([C@@H]2c3ccc(Cl)cc3CCc3cc(Br)cnc32)[C@@H](C(=O)NCCC2(n3ccnc3)CC2)C1. The first-order chi connectivity index (χ1) is 20.5. The number of fused-ring (bicyclic) bond motifs is 2. The summed E-state index contributed by atoms with van der Waals surface area (Å²) >= 11 is 10.1. The van der Waals surface area contributed by atoms with Gasteiger partial charge in [0.2, 0.25) is 5.91 Å². The smallest absolute Gasteiger partial charge is 0.410 e. The van der Waals surface area contributed by atoms with E-state index in [9.17, 15) is 9.59 Å². The van der Waals surface area contributed by atoms with Crippen LogP contribution in [0.4, 0.5) is 4.79 Å². The molecule has 9 nitrogen and oxygen atoms in total. The summed E-state index contributed by atoms with van der Waals surface area (Å²) in [6.45, 7) is 7.24. The van der Waals surface area contributed by atoms with E-state index in [-0.39, 0.29) is 24.0 Å². The molecule has 1 aliphatic heterocycles. The maximum atomic E-state index is 14.1. The second-order valence-electron chi connectivity index (χ2n) is 12.9. The Bertz CT molecular complexity index is 1450. The van der Waals surface area contributed by atoms with E-state index < -0.39 is 17.7 Å². The zero-order valence-corrected chi connectivity index (χ0v) is 27.2. The van der Waals surface area contributed by atoms with Crippen LogP contribution >= 0.6 is 27.5 Å². The molecule has 11 heteroatoms. The Hall–Kier alpha value is -2.95. The molecular formula is C32H38BrClN6O3. The van der Waals surface area contributed by atoms with E-state index in [4.69, 9.17) is 21.3 Å². The third kappa shape index (κ3) is 6.47. The van der Waals surface area contributed by atoms with Gasteiger partial charge in [0.05, 0.1) is 18.1 Å². The van der Waals surface area contributed by atoms with Gasteiger partial charge in [-0.25, -0.2) is 9.78 Å². The van der Waals surface area contributed by atoms with Gasteiger partial charge in [-0.3, -0.25) is 14.7 Å². The van der Waals surface area contributed by atoms with Crippen molar-refractivity contribution < 1.29 is 14.3 Å². The summed E-state index contributed by atoms with van der Waals surface area (Å²) in [5, 5.41) is 3.92. The zero-order valence-electron chi connectivity index (χ0n) is 24.9. The topological polar surface area (TPSA) is 92.6 Å². The van der Waals surface area contributed by atoms with E-state index in [1.165, 1.54) is 0 Å².